The zero-order valence-electron chi connectivity index (χ0n) is 15.8. The van der Waals surface area contributed by atoms with Crippen LogP contribution in [0.2, 0.25) is 5.02 Å². The van der Waals surface area contributed by atoms with Gasteiger partial charge in [-0.2, -0.15) is 5.10 Å². The van der Waals surface area contributed by atoms with E-state index in [-0.39, 0.29) is 0 Å². The molecule has 0 unspecified atom stereocenters. The number of thiocarbonyl (C=S) groups is 1. The van der Waals surface area contributed by atoms with Crippen molar-refractivity contribution in [2.75, 3.05) is 30.4 Å². The fourth-order valence-corrected chi connectivity index (χ4v) is 3.01. The Kier molecular flexibility index (Phi) is 8.36. The van der Waals surface area contributed by atoms with E-state index in [0.717, 1.165) is 30.8 Å². The second-order valence-electron chi connectivity index (χ2n) is 5.84. The monoisotopic (exact) mass is 404 g/mol. The fourth-order valence-electron chi connectivity index (χ4n) is 2.58. The van der Waals surface area contributed by atoms with Crippen molar-refractivity contribution < 1.29 is 4.74 Å². The van der Waals surface area contributed by atoms with Crippen molar-refractivity contribution in [3.63, 3.8) is 0 Å². The summed E-state index contributed by atoms with van der Waals surface area (Å²) < 4.78 is 5.13. The highest BCUT2D eigenvalue weighted by atomic mass is 35.5. The van der Waals surface area contributed by atoms with Gasteiger partial charge in [-0.25, -0.2) is 0 Å². The lowest BCUT2D eigenvalue weighted by Gasteiger charge is -2.22. The minimum Gasteiger partial charge on any atom is -0.495 e. The second kappa shape index (κ2) is 10.7. The SMILES string of the molecule is CCCN(CC)c1ccc(/C=N/NC(=S)Nc2ccc(OC)c(Cl)c2)cc1. The minimum atomic E-state index is 0.379. The Balaban J connectivity index is 1.89. The van der Waals surface area contributed by atoms with Crippen molar-refractivity contribution in [2.45, 2.75) is 20.3 Å². The van der Waals surface area contributed by atoms with Gasteiger partial charge in [0.25, 0.3) is 0 Å². The lowest BCUT2D eigenvalue weighted by atomic mass is 10.2. The van der Waals surface area contributed by atoms with Gasteiger partial charge < -0.3 is 15.0 Å². The molecule has 2 rings (SSSR count). The summed E-state index contributed by atoms with van der Waals surface area (Å²) >= 11 is 11.3. The predicted octanol–water partition coefficient (Wildman–Crippen LogP) is 4.91. The van der Waals surface area contributed by atoms with Gasteiger partial charge in [-0.15, -0.1) is 0 Å². The van der Waals surface area contributed by atoms with Crippen LogP contribution in [0.1, 0.15) is 25.8 Å². The molecule has 0 bridgehead atoms. The lowest BCUT2D eigenvalue weighted by molar-refractivity contribution is 0.415. The van der Waals surface area contributed by atoms with Crippen LogP contribution in [0.15, 0.2) is 47.6 Å². The number of nitrogens with one attached hydrogen (secondary N) is 2. The molecule has 0 atom stereocenters. The van der Waals surface area contributed by atoms with Crippen LogP contribution in [0.3, 0.4) is 0 Å². The molecule has 5 nitrogen and oxygen atoms in total. The van der Waals surface area contributed by atoms with Crippen LogP contribution in [0.25, 0.3) is 0 Å². The molecule has 7 heteroatoms. The maximum absolute atomic E-state index is 6.10. The first-order valence-electron chi connectivity index (χ1n) is 8.86. The van der Waals surface area contributed by atoms with Gasteiger partial charge in [0.1, 0.15) is 5.75 Å². The molecular formula is C20H25ClN4OS. The summed E-state index contributed by atoms with van der Waals surface area (Å²) in [6.07, 6.45) is 2.86. The average Bonchev–Trinajstić information content (AvgIpc) is 2.67. The van der Waals surface area contributed by atoms with Crippen molar-refractivity contribution in [3.05, 3.63) is 53.1 Å². The molecule has 2 N–H and O–H groups in total. The number of hydrazone groups is 1. The third kappa shape index (κ3) is 6.41. The fraction of sp³-hybridized carbons (Fsp3) is 0.300. The van der Waals surface area contributed by atoms with Crippen LogP contribution in [0, 0.1) is 0 Å². The van der Waals surface area contributed by atoms with Gasteiger partial charge >= 0.3 is 0 Å². The molecule has 0 aromatic heterocycles. The highest BCUT2D eigenvalue weighted by Gasteiger charge is 2.04. The van der Waals surface area contributed by atoms with Crippen LogP contribution >= 0.6 is 23.8 Å². The number of anilines is 2. The van der Waals surface area contributed by atoms with Gasteiger partial charge in [-0.3, -0.25) is 5.43 Å². The summed E-state index contributed by atoms with van der Waals surface area (Å²) in [6, 6.07) is 13.6. The molecule has 0 amide bonds. The van der Waals surface area contributed by atoms with Crippen LogP contribution in [-0.2, 0) is 0 Å². The highest BCUT2D eigenvalue weighted by molar-refractivity contribution is 7.80. The Bertz CT molecular complexity index is 780. The maximum Gasteiger partial charge on any atom is 0.191 e. The lowest BCUT2D eigenvalue weighted by Crippen LogP contribution is -2.24. The zero-order valence-corrected chi connectivity index (χ0v) is 17.4. The molecular weight excluding hydrogens is 380 g/mol. The molecule has 0 saturated heterocycles. The molecule has 0 fully saturated rings. The molecule has 2 aromatic rings. The zero-order chi connectivity index (χ0) is 19.6. The van der Waals surface area contributed by atoms with E-state index in [4.69, 9.17) is 28.6 Å². The van der Waals surface area contributed by atoms with E-state index in [1.807, 2.05) is 18.2 Å². The van der Waals surface area contributed by atoms with Crippen molar-refractivity contribution in [1.29, 1.82) is 0 Å². The normalized spacial score (nSPS) is 10.7. The summed E-state index contributed by atoms with van der Waals surface area (Å²) in [7, 11) is 1.57. The third-order valence-electron chi connectivity index (χ3n) is 3.92. The smallest absolute Gasteiger partial charge is 0.191 e. The molecule has 0 saturated carbocycles. The number of halogens is 1. The molecule has 0 heterocycles. The molecule has 0 aliphatic carbocycles. The van der Waals surface area contributed by atoms with Crippen molar-refractivity contribution in [1.82, 2.24) is 5.43 Å². The summed E-state index contributed by atoms with van der Waals surface area (Å²) in [4.78, 5) is 2.35. The van der Waals surface area contributed by atoms with E-state index < -0.39 is 0 Å². The average molecular weight is 405 g/mol. The van der Waals surface area contributed by atoms with Crippen molar-refractivity contribution >= 4 is 46.5 Å². The molecule has 0 radical (unpaired) electrons. The molecule has 0 aliphatic rings. The van der Waals surface area contributed by atoms with Crippen LogP contribution in [0.5, 0.6) is 5.75 Å². The van der Waals surface area contributed by atoms with E-state index in [9.17, 15) is 0 Å². The predicted molar refractivity (Wildman–Crippen MR) is 120 cm³/mol. The van der Waals surface area contributed by atoms with Gasteiger partial charge in [0.2, 0.25) is 0 Å². The van der Waals surface area contributed by atoms with Crippen molar-refractivity contribution in [2.24, 2.45) is 5.10 Å². The standard InChI is InChI=1S/C20H25ClN4OS/c1-4-12-25(5-2)17-9-6-15(7-10-17)14-22-24-20(27)23-16-8-11-19(26-3)18(21)13-16/h6-11,13-14H,4-5,12H2,1-3H3,(H2,23,24,27)/b22-14+. The van der Waals surface area contributed by atoms with Gasteiger partial charge in [-0.05, 0) is 61.5 Å². The highest BCUT2D eigenvalue weighted by Crippen LogP contribution is 2.27. The van der Waals surface area contributed by atoms with Crippen LogP contribution in [0.4, 0.5) is 11.4 Å². The number of methoxy groups -OCH3 is 1. The molecule has 2 aromatic carbocycles. The Morgan fingerprint density at radius 1 is 1.22 bits per heavy atom. The Morgan fingerprint density at radius 2 is 1.96 bits per heavy atom. The maximum atomic E-state index is 6.10. The number of hydrogen-bond acceptors (Lipinski definition) is 4. The summed E-state index contributed by atoms with van der Waals surface area (Å²) in [5, 5.41) is 8.09. The Labute approximate surface area is 171 Å². The summed E-state index contributed by atoms with van der Waals surface area (Å²) in [5.74, 6) is 0.614. The van der Waals surface area contributed by atoms with Gasteiger partial charge in [0, 0.05) is 24.5 Å². The number of hydrogen-bond donors (Lipinski definition) is 2. The van der Waals surface area contributed by atoms with Gasteiger partial charge in [0.15, 0.2) is 5.11 Å². The Hall–Kier alpha value is -2.31. The quantitative estimate of drug-likeness (QED) is 0.372. The first kappa shape index (κ1) is 21.0. The first-order chi connectivity index (χ1) is 13.1. The largest absolute Gasteiger partial charge is 0.495 e. The third-order valence-corrected chi connectivity index (χ3v) is 4.41. The number of ether oxygens (including phenoxy) is 1. The number of nitrogens with zero attached hydrogens (tertiary/aromatic N) is 2. The number of benzene rings is 2. The van der Waals surface area contributed by atoms with Gasteiger partial charge in [0.05, 0.1) is 18.3 Å². The second-order valence-corrected chi connectivity index (χ2v) is 6.66. The van der Waals surface area contributed by atoms with Crippen LogP contribution in [-0.4, -0.2) is 31.5 Å². The Morgan fingerprint density at radius 3 is 2.56 bits per heavy atom. The topological polar surface area (TPSA) is 48.9 Å². The molecule has 144 valence electrons. The minimum absolute atomic E-state index is 0.379. The summed E-state index contributed by atoms with van der Waals surface area (Å²) in [6.45, 7) is 6.41. The van der Waals surface area contributed by atoms with E-state index >= 15 is 0 Å². The molecule has 27 heavy (non-hydrogen) atoms. The first-order valence-corrected chi connectivity index (χ1v) is 9.64. The number of rotatable bonds is 8. The van der Waals surface area contributed by atoms with Crippen molar-refractivity contribution in [3.8, 4) is 5.75 Å². The van der Waals surface area contributed by atoms with E-state index in [1.165, 1.54) is 5.69 Å². The molecule has 0 spiro atoms. The van der Waals surface area contributed by atoms with E-state index in [2.05, 4.69) is 46.7 Å². The van der Waals surface area contributed by atoms with E-state index in [0.29, 0.717) is 15.9 Å². The molecule has 0 aliphatic heterocycles. The summed E-state index contributed by atoms with van der Waals surface area (Å²) in [5.41, 5.74) is 5.77. The van der Waals surface area contributed by atoms with Crippen LogP contribution < -0.4 is 20.4 Å². The van der Waals surface area contributed by atoms with Gasteiger partial charge in [-0.1, -0.05) is 30.7 Å². The van der Waals surface area contributed by atoms with E-state index in [1.54, 1.807) is 25.5 Å².